The summed E-state index contributed by atoms with van der Waals surface area (Å²) in [6.45, 7) is 0. The number of hydrogen-bond donors (Lipinski definition) is 1. The van der Waals surface area contributed by atoms with Crippen molar-refractivity contribution in [2.24, 2.45) is 0 Å². The van der Waals surface area contributed by atoms with Gasteiger partial charge in [0.05, 0.1) is 5.41 Å². The van der Waals surface area contributed by atoms with Crippen LogP contribution >= 0.6 is 11.6 Å². The van der Waals surface area contributed by atoms with Crippen LogP contribution in [-0.2, 0) is 10.2 Å². The number of carbonyl (C=O) groups excluding carboxylic acids is 1. The van der Waals surface area contributed by atoms with E-state index in [1.165, 1.54) is 0 Å². The highest BCUT2D eigenvalue weighted by Gasteiger charge is 2.51. The Morgan fingerprint density at radius 1 is 0.905 bits per heavy atom. The van der Waals surface area contributed by atoms with E-state index < -0.39 is 16.6 Å². The maximum absolute atomic E-state index is 11.3. The van der Waals surface area contributed by atoms with Crippen LogP contribution in [-0.4, -0.2) is 16.3 Å². The molecule has 0 radical (unpaired) electrons. The third-order valence-electron chi connectivity index (χ3n) is 4.04. The van der Waals surface area contributed by atoms with E-state index in [1.54, 1.807) is 12.1 Å². The van der Waals surface area contributed by atoms with Crippen molar-refractivity contribution < 1.29 is 14.7 Å². The molecule has 2 aromatic carbocycles. The summed E-state index contributed by atoms with van der Waals surface area (Å²) in [5, 5.41) is 8.80. The number of hydrogen-bond acceptors (Lipinski definition) is 2. The molecule has 0 aliphatic heterocycles. The Morgan fingerprint density at radius 2 is 1.38 bits per heavy atom. The van der Waals surface area contributed by atoms with E-state index in [0.717, 1.165) is 16.7 Å². The molecule has 0 spiro atoms. The van der Waals surface area contributed by atoms with Gasteiger partial charge < -0.3 is 5.11 Å². The lowest BCUT2D eigenvalue weighted by Crippen LogP contribution is -2.19. The summed E-state index contributed by atoms with van der Waals surface area (Å²) in [4.78, 5) is 22.3. The Bertz CT molecular complexity index is 698. The second kappa shape index (κ2) is 5.01. The summed E-state index contributed by atoms with van der Waals surface area (Å²) in [6, 6.07) is 14.6. The molecule has 3 nitrogen and oxygen atoms in total. The van der Waals surface area contributed by atoms with Gasteiger partial charge >= 0.3 is 5.97 Å². The fourth-order valence-corrected chi connectivity index (χ4v) is 2.65. The molecule has 1 N–H and O–H groups in total. The van der Waals surface area contributed by atoms with Crippen molar-refractivity contribution in [3.05, 3.63) is 59.7 Å². The Labute approximate surface area is 127 Å². The molecule has 1 aliphatic rings. The van der Waals surface area contributed by atoms with Crippen LogP contribution in [0.3, 0.4) is 0 Å². The summed E-state index contributed by atoms with van der Waals surface area (Å²) >= 11 is 5.41. The molecule has 0 bridgehead atoms. The molecule has 0 unspecified atom stereocenters. The van der Waals surface area contributed by atoms with Gasteiger partial charge in [-0.25, -0.2) is 0 Å². The smallest absolute Gasteiger partial charge is 0.314 e. The fourth-order valence-electron chi connectivity index (χ4n) is 2.53. The molecule has 0 aromatic heterocycles. The number of carboxylic acid groups (broad SMARTS) is 1. The van der Waals surface area contributed by atoms with Gasteiger partial charge in [0.1, 0.15) is 0 Å². The molecule has 1 aliphatic carbocycles. The molecule has 0 amide bonds. The zero-order valence-electron chi connectivity index (χ0n) is 11.2. The number of rotatable bonds is 4. The minimum atomic E-state index is -0.750. The van der Waals surface area contributed by atoms with E-state index in [2.05, 4.69) is 0 Å². The van der Waals surface area contributed by atoms with E-state index in [9.17, 15) is 14.7 Å². The molecule has 106 valence electrons. The van der Waals surface area contributed by atoms with Gasteiger partial charge in [0, 0.05) is 5.56 Å². The maximum atomic E-state index is 11.3. The third kappa shape index (κ3) is 2.45. The van der Waals surface area contributed by atoms with Gasteiger partial charge in [-0.3, -0.25) is 9.59 Å². The summed E-state index contributed by atoms with van der Waals surface area (Å²) in [5.41, 5.74) is 2.58. The third-order valence-corrected chi connectivity index (χ3v) is 4.26. The van der Waals surface area contributed by atoms with Crippen LogP contribution in [0, 0.1) is 0 Å². The average molecular weight is 301 g/mol. The lowest BCUT2D eigenvalue weighted by atomic mass is 9.94. The first-order valence-corrected chi connectivity index (χ1v) is 7.05. The molecule has 0 atom stereocenters. The van der Waals surface area contributed by atoms with Crippen molar-refractivity contribution in [2.45, 2.75) is 18.3 Å². The quantitative estimate of drug-likeness (QED) is 0.873. The van der Waals surface area contributed by atoms with Crippen LogP contribution in [0.25, 0.3) is 11.1 Å². The van der Waals surface area contributed by atoms with Crippen LogP contribution in [0.5, 0.6) is 0 Å². The average Bonchev–Trinajstić information content (AvgIpc) is 3.29. The van der Waals surface area contributed by atoms with Gasteiger partial charge in [-0.2, -0.15) is 0 Å². The standard InChI is InChI=1S/C17H13ClO3/c18-15(19)13-3-1-11(2-4-13)12-5-7-14(8-6-12)17(9-10-17)16(20)21/h1-8H,9-10H2,(H,20,21). The molecule has 4 heteroatoms. The number of carbonyl (C=O) groups is 2. The van der Waals surface area contributed by atoms with Crippen LogP contribution in [0.1, 0.15) is 28.8 Å². The van der Waals surface area contributed by atoms with Crippen molar-refractivity contribution in [1.29, 1.82) is 0 Å². The monoisotopic (exact) mass is 300 g/mol. The number of carboxylic acids is 1. The second-order valence-corrected chi connectivity index (χ2v) is 5.66. The minimum absolute atomic E-state index is 0.458. The number of benzene rings is 2. The Kier molecular flexibility index (Phi) is 3.30. The van der Waals surface area contributed by atoms with Crippen molar-refractivity contribution in [2.75, 3.05) is 0 Å². The molecular formula is C17H13ClO3. The number of halogens is 1. The molecule has 0 saturated heterocycles. The van der Waals surface area contributed by atoms with Crippen LogP contribution in [0.15, 0.2) is 48.5 Å². The normalized spacial score (nSPS) is 15.5. The van der Waals surface area contributed by atoms with Crippen molar-refractivity contribution in [3.63, 3.8) is 0 Å². The molecule has 3 rings (SSSR count). The lowest BCUT2D eigenvalue weighted by Gasteiger charge is -2.11. The Morgan fingerprint density at radius 3 is 1.76 bits per heavy atom. The summed E-state index contributed by atoms with van der Waals surface area (Å²) in [7, 11) is 0. The lowest BCUT2D eigenvalue weighted by molar-refractivity contribution is -0.140. The molecule has 1 fully saturated rings. The topological polar surface area (TPSA) is 54.4 Å². The highest BCUT2D eigenvalue weighted by Crippen LogP contribution is 2.48. The largest absolute Gasteiger partial charge is 0.481 e. The Hall–Kier alpha value is -2.13. The van der Waals surface area contributed by atoms with Gasteiger partial charge in [0.15, 0.2) is 0 Å². The summed E-state index contributed by atoms with van der Waals surface area (Å²) < 4.78 is 0. The molecule has 1 saturated carbocycles. The first-order chi connectivity index (χ1) is 10.0. The van der Waals surface area contributed by atoms with Crippen LogP contribution in [0.4, 0.5) is 0 Å². The van der Waals surface area contributed by atoms with Gasteiger partial charge in [0.2, 0.25) is 0 Å². The minimum Gasteiger partial charge on any atom is -0.481 e. The summed E-state index contributed by atoms with van der Waals surface area (Å²) in [6.07, 6.45) is 1.41. The summed E-state index contributed by atoms with van der Waals surface area (Å²) in [5.74, 6) is -0.750. The van der Waals surface area contributed by atoms with Gasteiger partial charge in [-0.05, 0) is 53.3 Å². The second-order valence-electron chi connectivity index (χ2n) is 5.32. The van der Waals surface area contributed by atoms with E-state index in [1.807, 2.05) is 36.4 Å². The molecule has 0 heterocycles. The maximum Gasteiger partial charge on any atom is 0.314 e. The molecule has 21 heavy (non-hydrogen) atoms. The van der Waals surface area contributed by atoms with Crippen LogP contribution < -0.4 is 0 Å². The predicted octanol–water partition coefficient (Wildman–Crippen LogP) is 3.85. The Balaban J connectivity index is 1.87. The number of aliphatic carboxylic acids is 1. The zero-order chi connectivity index (χ0) is 15.0. The van der Waals surface area contributed by atoms with Gasteiger partial charge in [-0.1, -0.05) is 36.4 Å². The van der Waals surface area contributed by atoms with E-state index in [4.69, 9.17) is 11.6 Å². The van der Waals surface area contributed by atoms with Crippen molar-refractivity contribution in [3.8, 4) is 11.1 Å². The zero-order valence-corrected chi connectivity index (χ0v) is 11.9. The highest BCUT2D eigenvalue weighted by molar-refractivity contribution is 6.67. The van der Waals surface area contributed by atoms with Crippen molar-refractivity contribution >= 4 is 22.8 Å². The first-order valence-electron chi connectivity index (χ1n) is 6.67. The predicted molar refractivity (Wildman–Crippen MR) is 80.6 cm³/mol. The molecule has 2 aromatic rings. The van der Waals surface area contributed by atoms with Crippen molar-refractivity contribution in [1.82, 2.24) is 0 Å². The van der Waals surface area contributed by atoms with Gasteiger partial charge in [-0.15, -0.1) is 0 Å². The van der Waals surface area contributed by atoms with Gasteiger partial charge in [0.25, 0.3) is 5.24 Å². The highest BCUT2D eigenvalue weighted by atomic mass is 35.5. The van der Waals surface area contributed by atoms with E-state index in [-0.39, 0.29) is 0 Å². The first kappa shape index (κ1) is 13.8. The van der Waals surface area contributed by atoms with E-state index in [0.29, 0.717) is 18.4 Å². The fraction of sp³-hybridized carbons (Fsp3) is 0.176. The van der Waals surface area contributed by atoms with Crippen LogP contribution in [0.2, 0.25) is 0 Å². The SMILES string of the molecule is O=C(Cl)c1ccc(-c2ccc(C3(C(=O)O)CC3)cc2)cc1. The van der Waals surface area contributed by atoms with E-state index >= 15 is 0 Å². The molecular weight excluding hydrogens is 288 g/mol.